The molecular formula is C11H14BrNO2. The van der Waals surface area contributed by atoms with Crippen LogP contribution in [0.15, 0.2) is 22.7 Å². The second-order valence-electron chi connectivity index (χ2n) is 3.40. The van der Waals surface area contributed by atoms with Gasteiger partial charge in [-0.15, -0.1) is 0 Å². The monoisotopic (exact) mass is 271 g/mol. The molecule has 0 bridgehead atoms. The quantitative estimate of drug-likeness (QED) is 0.859. The molecule has 4 heteroatoms. The summed E-state index contributed by atoms with van der Waals surface area (Å²) in [5.74, 6) is -0.289. The molecule has 3 nitrogen and oxygen atoms in total. The van der Waals surface area contributed by atoms with Gasteiger partial charge in [-0.25, -0.2) is 0 Å². The summed E-state index contributed by atoms with van der Waals surface area (Å²) >= 11 is 3.41. The van der Waals surface area contributed by atoms with E-state index in [2.05, 4.69) is 20.7 Å². The first-order chi connectivity index (χ1) is 7.04. The van der Waals surface area contributed by atoms with Crippen LogP contribution in [0.1, 0.15) is 23.6 Å². The van der Waals surface area contributed by atoms with E-state index in [1.807, 2.05) is 25.1 Å². The zero-order valence-electron chi connectivity index (χ0n) is 8.79. The smallest absolute Gasteiger partial charge is 0.307 e. The van der Waals surface area contributed by atoms with E-state index < -0.39 is 0 Å². The van der Waals surface area contributed by atoms with E-state index >= 15 is 0 Å². The molecule has 1 atom stereocenters. The van der Waals surface area contributed by atoms with Gasteiger partial charge in [-0.2, -0.15) is 0 Å². The Morgan fingerprint density at radius 1 is 1.60 bits per heavy atom. The Hall–Kier alpha value is -0.870. The lowest BCUT2D eigenvalue weighted by atomic mass is 10.0. The molecule has 0 amide bonds. The fraction of sp³-hybridized carbons (Fsp3) is 0.364. The van der Waals surface area contributed by atoms with Crippen LogP contribution < -0.4 is 5.73 Å². The lowest BCUT2D eigenvalue weighted by Gasteiger charge is -2.11. The first-order valence-electron chi connectivity index (χ1n) is 4.63. The van der Waals surface area contributed by atoms with Gasteiger partial charge in [-0.1, -0.05) is 28.1 Å². The lowest BCUT2D eigenvalue weighted by Crippen LogP contribution is -2.16. The van der Waals surface area contributed by atoms with Crippen molar-refractivity contribution in [3.05, 3.63) is 33.8 Å². The van der Waals surface area contributed by atoms with Crippen molar-refractivity contribution in [2.45, 2.75) is 19.4 Å². The summed E-state index contributed by atoms with van der Waals surface area (Å²) in [5.41, 5.74) is 7.92. The van der Waals surface area contributed by atoms with Crippen LogP contribution in [-0.4, -0.2) is 13.1 Å². The minimum Gasteiger partial charge on any atom is -0.469 e. The molecule has 0 fully saturated rings. The zero-order valence-corrected chi connectivity index (χ0v) is 10.4. The molecule has 0 aliphatic carbocycles. The molecule has 0 unspecified atom stereocenters. The van der Waals surface area contributed by atoms with Crippen molar-refractivity contribution in [1.82, 2.24) is 0 Å². The van der Waals surface area contributed by atoms with Gasteiger partial charge in [-0.3, -0.25) is 4.79 Å². The van der Waals surface area contributed by atoms with Gasteiger partial charge in [0.1, 0.15) is 0 Å². The van der Waals surface area contributed by atoms with E-state index in [0.717, 1.165) is 15.6 Å². The number of halogens is 1. The third-order valence-electron chi connectivity index (χ3n) is 2.22. The van der Waals surface area contributed by atoms with Crippen LogP contribution in [0.5, 0.6) is 0 Å². The zero-order chi connectivity index (χ0) is 11.4. The van der Waals surface area contributed by atoms with Crippen LogP contribution in [0.2, 0.25) is 0 Å². The van der Waals surface area contributed by atoms with Gasteiger partial charge in [0.15, 0.2) is 0 Å². The molecular weight excluding hydrogens is 258 g/mol. The Morgan fingerprint density at radius 3 is 2.80 bits per heavy atom. The predicted octanol–water partition coefficient (Wildman–Crippen LogP) is 2.32. The van der Waals surface area contributed by atoms with Gasteiger partial charge < -0.3 is 10.5 Å². The average Bonchev–Trinajstić information content (AvgIpc) is 2.21. The summed E-state index contributed by atoms with van der Waals surface area (Å²) in [6.45, 7) is 1.98. The lowest BCUT2D eigenvalue weighted by molar-refractivity contribution is -0.141. The molecule has 1 aromatic rings. The number of methoxy groups -OCH3 is 1. The molecule has 1 rings (SSSR count). The summed E-state index contributed by atoms with van der Waals surface area (Å²) in [7, 11) is 1.36. The molecule has 0 aliphatic rings. The molecule has 0 heterocycles. The molecule has 82 valence electrons. The highest BCUT2D eigenvalue weighted by Crippen LogP contribution is 2.21. The van der Waals surface area contributed by atoms with E-state index in [0.29, 0.717) is 0 Å². The van der Waals surface area contributed by atoms with Crippen LogP contribution >= 0.6 is 15.9 Å². The molecule has 15 heavy (non-hydrogen) atoms. The Balaban J connectivity index is 2.78. The molecule has 0 spiro atoms. The summed E-state index contributed by atoms with van der Waals surface area (Å²) in [4.78, 5) is 11.0. The Bertz CT molecular complexity index is 366. The Morgan fingerprint density at radius 2 is 2.27 bits per heavy atom. The number of rotatable bonds is 3. The number of hydrogen-bond donors (Lipinski definition) is 1. The molecule has 0 aromatic heterocycles. The average molecular weight is 272 g/mol. The maximum atomic E-state index is 11.0. The highest BCUT2D eigenvalue weighted by molar-refractivity contribution is 9.10. The number of ether oxygens (including phenoxy) is 1. The van der Waals surface area contributed by atoms with E-state index in [1.54, 1.807) is 0 Å². The number of nitrogens with two attached hydrogens (primary N) is 1. The van der Waals surface area contributed by atoms with E-state index in [9.17, 15) is 4.79 Å². The second-order valence-corrected chi connectivity index (χ2v) is 4.25. The van der Waals surface area contributed by atoms with Gasteiger partial charge in [0.05, 0.1) is 13.5 Å². The van der Waals surface area contributed by atoms with Gasteiger partial charge in [0.25, 0.3) is 0 Å². The molecule has 2 N–H and O–H groups in total. The molecule has 0 saturated carbocycles. The summed E-state index contributed by atoms with van der Waals surface area (Å²) in [6, 6.07) is 5.51. The molecule has 0 aliphatic heterocycles. The maximum Gasteiger partial charge on any atom is 0.307 e. The molecule has 0 saturated heterocycles. The summed E-state index contributed by atoms with van der Waals surface area (Å²) < 4.78 is 5.61. The topological polar surface area (TPSA) is 52.3 Å². The van der Waals surface area contributed by atoms with Crippen molar-refractivity contribution in [3.63, 3.8) is 0 Å². The van der Waals surface area contributed by atoms with Crippen molar-refractivity contribution >= 4 is 21.9 Å². The number of carbonyl (C=O) groups is 1. The molecule has 1 aromatic carbocycles. The van der Waals surface area contributed by atoms with Gasteiger partial charge in [0, 0.05) is 10.5 Å². The van der Waals surface area contributed by atoms with E-state index in [1.165, 1.54) is 7.11 Å². The number of aryl methyl sites for hydroxylation is 1. The number of benzene rings is 1. The Kier molecular flexibility index (Phi) is 4.29. The minimum atomic E-state index is -0.302. The fourth-order valence-electron chi connectivity index (χ4n) is 1.28. The third-order valence-corrected chi connectivity index (χ3v) is 3.11. The first-order valence-corrected chi connectivity index (χ1v) is 5.42. The van der Waals surface area contributed by atoms with Crippen LogP contribution in [0, 0.1) is 6.92 Å². The fourth-order valence-corrected chi connectivity index (χ4v) is 1.53. The predicted molar refractivity (Wildman–Crippen MR) is 62.4 cm³/mol. The van der Waals surface area contributed by atoms with Crippen LogP contribution in [0.25, 0.3) is 0 Å². The Labute approximate surface area is 97.7 Å². The third kappa shape index (κ3) is 3.32. The minimum absolute atomic E-state index is 0.206. The van der Waals surface area contributed by atoms with Crippen molar-refractivity contribution in [2.24, 2.45) is 5.73 Å². The van der Waals surface area contributed by atoms with Crippen molar-refractivity contribution in [3.8, 4) is 0 Å². The van der Waals surface area contributed by atoms with Crippen LogP contribution in [-0.2, 0) is 9.53 Å². The number of hydrogen-bond acceptors (Lipinski definition) is 3. The van der Waals surface area contributed by atoms with Crippen molar-refractivity contribution < 1.29 is 9.53 Å². The number of carbonyl (C=O) groups excluding carboxylic acids is 1. The van der Waals surface area contributed by atoms with Crippen molar-refractivity contribution in [2.75, 3.05) is 7.11 Å². The SMILES string of the molecule is COC(=O)C[C@@H](N)c1ccc(Br)c(C)c1. The van der Waals surface area contributed by atoms with Crippen LogP contribution in [0.3, 0.4) is 0 Å². The normalized spacial score (nSPS) is 12.3. The van der Waals surface area contributed by atoms with Gasteiger partial charge in [-0.05, 0) is 24.1 Å². The number of esters is 1. The highest BCUT2D eigenvalue weighted by Gasteiger charge is 2.12. The van der Waals surface area contributed by atoms with E-state index in [-0.39, 0.29) is 18.4 Å². The highest BCUT2D eigenvalue weighted by atomic mass is 79.9. The van der Waals surface area contributed by atoms with Crippen LogP contribution in [0.4, 0.5) is 0 Å². The standard InChI is InChI=1S/C11H14BrNO2/c1-7-5-8(3-4-9(7)12)10(13)6-11(14)15-2/h3-5,10H,6,13H2,1-2H3/t10-/m1/s1. The van der Waals surface area contributed by atoms with Crippen molar-refractivity contribution in [1.29, 1.82) is 0 Å². The summed E-state index contributed by atoms with van der Waals surface area (Å²) in [5, 5.41) is 0. The van der Waals surface area contributed by atoms with E-state index in [4.69, 9.17) is 5.73 Å². The second kappa shape index (κ2) is 5.28. The first kappa shape index (κ1) is 12.2. The summed E-state index contributed by atoms with van der Waals surface area (Å²) in [6.07, 6.45) is 0.206. The van der Waals surface area contributed by atoms with Gasteiger partial charge in [0.2, 0.25) is 0 Å². The maximum absolute atomic E-state index is 11.0. The van der Waals surface area contributed by atoms with Gasteiger partial charge >= 0.3 is 5.97 Å². The largest absolute Gasteiger partial charge is 0.469 e. The molecule has 0 radical (unpaired) electrons.